The normalized spacial score (nSPS) is 11.9. The molecule has 0 saturated carbocycles. The molecule has 0 fully saturated rings. The number of carbonyl (C=O) groups is 1. The molecule has 2 N–H and O–H groups in total. The Bertz CT molecular complexity index is 850. The Balaban J connectivity index is 1.69. The maximum Gasteiger partial charge on any atom is 0.242 e. The summed E-state index contributed by atoms with van der Waals surface area (Å²) in [7, 11) is 0. The van der Waals surface area contributed by atoms with Gasteiger partial charge in [-0.2, -0.15) is 0 Å². The Kier molecular flexibility index (Phi) is 4.65. The van der Waals surface area contributed by atoms with Crippen LogP contribution in [0, 0.1) is 6.92 Å². The zero-order chi connectivity index (χ0) is 16.9. The van der Waals surface area contributed by atoms with Crippen molar-refractivity contribution in [3.8, 4) is 0 Å². The number of rotatable bonds is 5. The maximum atomic E-state index is 12.3. The van der Waals surface area contributed by atoms with E-state index in [0.717, 1.165) is 22.0 Å². The van der Waals surface area contributed by atoms with Crippen LogP contribution in [0.5, 0.6) is 0 Å². The molecule has 3 aromatic rings. The number of amides is 1. The Morgan fingerprint density at radius 3 is 2.92 bits per heavy atom. The van der Waals surface area contributed by atoms with Crippen molar-refractivity contribution in [2.75, 3.05) is 5.32 Å². The number of hydrogen-bond acceptors (Lipinski definition) is 5. The number of benzene rings is 1. The minimum absolute atomic E-state index is 0.0988. The smallest absolute Gasteiger partial charge is 0.242 e. The van der Waals surface area contributed by atoms with E-state index in [9.17, 15) is 4.79 Å². The number of carbonyl (C=O) groups excluding carboxylic acids is 1. The van der Waals surface area contributed by atoms with E-state index < -0.39 is 6.04 Å². The third-order valence-corrected chi connectivity index (χ3v) is 3.73. The van der Waals surface area contributed by atoms with E-state index in [1.807, 2.05) is 44.2 Å². The van der Waals surface area contributed by atoms with E-state index in [1.165, 1.54) is 6.33 Å². The molecule has 0 saturated heterocycles. The molecule has 0 radical (unpaired) electrons. The van der Waals surface area contributed by atoms with E-state index in [-0.39, 0.29) is 5.91 Å². The minimum Gasteiger partial charge on any atom is -0.358 e. The number of hydrogen-bond donors (Lipinski definition) is 2. The highest BCUT2D eigenvalue weighted by atomic mass is 16.2. The highest BCUT2D eigenvalue weighted by Gasteiger charge is 2.14. The summed E-state index contributed by atoms with van der Waals surface area (Å²) in [6.07, 6.45) is 4.94. The first-order chi connectivity index (χ1) is 11.6. The van der Waals surface area contributed by atoms with Gasteiger partial charge in [0.25, 0.3) is 0 Å². The monoisotopic (exact) mass is 321 g/mol. The third-order valence-electron chi connectivity index (χ3n) is 3.73. The molecule has 2 heterocycles. The Morgan fingerprint density at radius 2 is 2.12 bits per heavy atom. The first-order valence-electron chi connectivity index (χ1n) is 7.78. The molecule has 0 spiro atoms. The molecular formula is C18H19N5O. The molecule has 0 aliphatic carbocycles. The van der Waals surface area contributed by atoms with Crippen molar-refractivity contribution in [2.24, 2.45) is 0 Å². The predicted octanol–water partition coefficient (Wildman–Crippen LogP) is 2.45. The summed E-state index contributed by atoms with van der Waals surface area (Å²) >= 11 is 0. The second-order valence-corrected chi connectivity index (χ2v) is 5.69. The zero-order valence-corrected chi connectivity index (χ0v) is 13.7. The molecule has 0 aliphatic heterocycles. The lowest BCUT2D eigenvalue weighted by molar-refractivity contribution is -0.121. The number of nitrogens with one attached hydrogen (secondary N) is 2. The molecule has 0 aliphatic rings. The zero-order valence-electron chi connectivity index (χ0n) is 13.7. The Hall–Kier alpha value is -3.02. The van der Waals surface area contributed by atoms with Crippen LogP contribution in [0.3, 0.4) is 0 Å². The number of aryl methyl sites for hydroxylation is 1. The summed E-state index contributed by atoms with van der Waals surface area (Å²) in [4.78, 5) is 24.8. The van der Waals surface area contributed by atoms with Gasteiger partial charge >= 0.3 is 0 Å². The van der Waals surface area contributed by atoms with E-state index in [2.05, 4.69) is 25.6 Å². The summed E-state index contributed by atoms with van der Waals surface area (Å²) < 4.78 is 0. The van der Waals surface area contributed by atoms with Crippen LogP contribution >= 0.6 is 0 Å². The number of nitrogens with zero attached hydrogens (tertiary/aromatic N) is 3. The maximum absolute atomic E-state index is 12.3. The van der Waals surface area contributed by atoms with E-state index in [4.69, 9.17) is 0 Å². The SMILES string of the molecule is Cc1ccc2ncnc(NC(C)C(=O)NCc3cccnc3)c2c1. The fraction of sp³-hybridized carbons (Fsp3) is 0.222. The largest absolute Gasteiger partial charge is 0.358 e. The summed E-state index contributed by atoms with van der Waals surface area (Å²) in [5.74, 6) is 0.561. The molecule has 6 heteroatoms. The van der Waals surface area contributed by atoms with Gasteiger partial charge in [-0.05, 0) is 37.6 Å². The van der Waals surface area contributed by atoms with Crippen LogP contribution in [-0.4, -0.2) is 26.9 Å². The Labute approximate surface area is 140 Å². The van der Waals surface area contributed by atoms with Gasteiger partial charge < -0.3 is 10.6 Å². The molecule has 2 aromatic heterocycles. The topological polar surface area (TPSA) is 79.8 Å². The highest BCUT2D eigenvalue weighted by molar-refractivity contribution is 5.92. The molecular weight excluding hydrogens is 302 g/mol. The fourth-order valence-electron chi connectivity index (χ4n) is 2.40. The first kappa shape index (κ1) is 15.9. The van der Waals surface area contributed by atoms with Crippen molar-refractivity contribution in [3.63, 3.8) is 0 Å². The molecule has 1 unspecified atom stereocenters. The van der Waals surface area contributed by atoms with E-state index in [0.29, 0.717) is 12.4 Å². The minimum atomic E-state index is -0.416. The van der Waals surface area contributed by atoms with Gasteiger partial charge in [0.2, 0.25) is 5.91 Å². The first-order valence-corrected chi connectivity index (χ1v) is 7.78. The highest BCUT2D eigenvalue weighted by Crippen LogP contribution is 2.20. The number of fused-ring (bicyclic) bond motifs is 1. The molecule has 6 nitrogen and oxygen atoms in total. The number of pyridine rings is 1. The van der Waals surface area contributed by atoms with Crippen LogP contribution < -0.4 is 10.6 Å². The van der Waals surface area contributed by atoms with Crippen LogP contribution in [0.4, 0.5) is 5.82 Å². The van der Waals surface area contributed by atoms with Crippen molar-refractivity contribution in [1.29, 1.82) is 0 Å². The van der Waals surface area contributed by atoms with Crippen molar-refractivity contribution < 1.29 is 4.79 Å². The lowest BCUT2D eigenvalue weighted by Gasteiger charge is -2.16. The standard InChI is InChI=1S/C18H19N5O/c1-12-5-6-16-15(8-12)17(22-11-21-16)23-13(2)18(24)20-10-14-4-3-7-19-9-14/h3-9,11,13H,10H2,1-2H3,(H,20,24)(H,21,22,23). The molecule has 1 amide bonds. The lowest BCUT2D eigenvalue weighted by Crippen LogP contribution is -2.37. The van der Waals surface area contributed by atoms with Crippen molar-refractivity contribution in [2.45, 2.75) is 26.4 Å². The van der Waals surface area contributed by atoms with Gasteiger partial charge in [0.05, 0.1) is 5.52 Å². The van der Waals surface area contributed by atoms with Gasteiger partial charge in [0, 0.05) is 24.3 Å². The van der Waals surface area contributed by atoms with Gasteiger partial charge in [-0.15, -0.1) is 0 Å². The van der Waals surface area contributed by atoms with Crippen LogP contribution in [0.15, 0.2) is 49.1 Å². The van der Waals surface area contributed by atoms with Crippen molar-refractivity contribution >= 4 is 22.6 Å². The predicted molar refractivity (Wildman–Crippen MR) is 93.4 cm³/mol. The summed E-state index contributed by atoms with van der Waals surface area (Å²) in [6.45, 7) is 4.27. The third kappa shape index (κ3) is 3.65. The number of anilines is 1. The van der Waals surface area contributed by atoms with E-state index >= 15 is 0 Å². The average molecular weight is 321 g/mol. The summed E-state index contributed by atoms with van der Waals surface area (Å²) in [5.41, 5.74) is 2.93. The quantitative estimate of drug-likeness (QED) is 0.754. The molecule has 122 valence electrons. The van der Waals surface area contributed by atoms with E-state index in [1.54, 1.807) is 12.4 Å². The summed E-state index contributed by atoms with van der Waals surface area (Å²) in [5, 5.41) is 6.97. The van der Waals surface area contributed by atoms with Crippen LogP contribution in [-0.2, 0) is 11.3 Å². The van der Waals surface area contributed by atoms with Crippen LogP contribution in [0.25, 0.3) is 10.9 Å². The second kappa shape index (κ2) is 7.04. The molecule has 1 aromatic carbocycles. The average Bonchev–Trinajstić information content (AvgIpc) is 2.61. The second-order valence-electron chi connectivity index (χ2n) is 5.69. The van der Waals surface area contributed by atoms with Gasteiger partial charge in [0.1, 0.15) is 18.2 Å². The van der Waals surface area contributed by atoms with Gasteiger partial charge in [0.15, 0.2) is 0 Å². The molecule has 3 rings (SSSR count). The lowest BCUT2D eigenvalue weighted by atomic mass is 10.1. The van der Waals surface area contributed by atoms with Gasteiger partial charge in [-0.1, -0.05) is 17.7 Å². The molecule has 24 heavy (non-hydrogen) atoms. The molecule has 0 bridgehead atoms. The van der Waals surface area contributed by atoms with Crippen LogP contribution in [0.2, 0.25) is 0 Å². The van der Waals surface area contributed by atoms with Crippen molar-refractivity contribution in [1.82, 2.24) is 20.3 Å². The number of aromatic nitrogens is 3. The summed E-state index contributed by atoms with van der Waals surface area (Å²) in [6, 6.07) is 9.32. The van der Waals surface area contributed by atoms with Gasteiger partial charge in [-0.3, -0.25) is 9.78 Å². The van der Waals surface area contributed by atoms with Crippen LogP contribution in [0.1, 0.15) is 18.1 Å². The Morgan fingerprint density at radius 1 is 1.25 bits per heavy atom. The fourth-order valence-corrected chi connectivity index (χ4v) is 2.40. The van der Waals surface area contributed by atoms with Gasteiger partial charge in [-0.25, -0.2) is 9.97 Å². The van der Waals surface area contributed by atoms with Crippen molar-refractivity contribution in [3.05, 3.63) is 60.2 Å². The molecule has 1 atom stereocenters.